The molecule has 0 atom stereocenters. The molecule has 0 heterocycles. The van der Waals surface area contributed by atoms with Crippen LogP contribution in [0.1, 0.15) is 51.9 Å². The summed E-state index contributed by atoms with van der Waals surface area (Å²) in [7, 11) is 0. The summed E-state index contributed by atoms with van der Waals surface area (Å²) in [6.45, 7) is 3.79. The van der Waals surface area contributed by atoms with Gasteiger partial charge in [0.1, 0.15) is 0 Å². The van der Waals surface area contributed by atoms with E-state index in [1.807, 2.05) is 0 Å². The van der Waals surface area contributed by atoms with Crippen molar-refractivity contribution in [3.63, 3.8) is 0 Å². The molecule has 2 N–H and O–H groups in total. The highest BCUT2D eigenvalue weighted by molar-refractivity contribution is 4.92. The second-order valence-electron chi connectivity index (χ2n) is 5.80. The van der Waals surface area contributed by atoms with Crippen molar-refractivity contribution in [3.05, 3.63) is 0 Å². The Morgan fingerprint density at radius 3 is 2.33 bits per heavy atom. The van der Waals surface area contributed by atoms with Crippen LogP contribution < -0.4 is 5.32 Å². The van der Waals surface area contributed by atoms with Gasteiger partial charge in [-0.05, 0) is 56.9 Å². The Morgan fingerprint density at radius 1 is 1.20 bits per heavy atom. The van der Waals surface area contributed by atoms with Gasteiger partial charge in [0.2, 0.25) is 0 Å². The third-order valence-electron chi connectivity index (χ3n) is 4.52. The van der Waals surface area contributed by atoms with Crippen LogP contribution in [0.5, 0.6) is 0 Å². The molecule has 2 fully saturated rings. The van der Waals surface area contributed by atoms with Crippen LogP contribution in [0.4, 0.5) is 0 Å². The average molecular weight is 211 g/mol. The molecule has 2 saturated carbocycles. The fourth-order valence-corrected chi connectivity index (χ4v) is 2.76. The maximum absolute atomic E-state index is 9.57. The normalized spacial score (nSPS) is 37.6. The highest BCUT2D eigenvalue weighted by Crippen LogP contribution is 2.33. The van der Waals surface area contributed by atoms with Gasteiger partial charge in [0.15, 0.2) is 0 Å². The summed E-state index contributed by atoms with van der Waals surface area (Å²) < 4.78 is 0. The summed E-state index contributed by atoms with van der Waals surface area (Å²) in [5.41, 5.74) is 0.0715. The summed E-state index contributed by atoms with van der Waals surface area (Å²) in [6.07, 6.45) is 9.08. The molecule has 0 aromatic rings. The van der Waals surface area contributed by atoms with E-state index in [4.69, 9.17) is 0 Å². The van der Waals surface area contributed by atoms with Crippen LogP contribution >= 0.6 is 0 Å². The molecular formula is C13H25NO. The predicted molar refractivity (Wildman–Crippen MR) is 62.8 cm³/mol. The van der Waals surface area contributed by atoms with Crippen LogP contribution in [0.15, 0.2) is 0 Å². The number of nitrogens with one attached hydrogen (secondary N) is 1. The molecular weight excluding hydrogens is 186 g/mol. The topological polar surface area (TPSA) is 32.3 Å². The van der Waals surface area contributed by atoms with Gasteiger partial charge in [0.25, 0.3) is 0 Å². The summed E-state index contributed by atoms with van der Waals surface area (Å²) in [6, 6.07) is 0. The molecule has 0 saturated heterocycles. The van der Waals surface area contributed by atoms with Gasteiger partial charge in [0.05, 0.1) is 6.61 Å². The molecule has 0 spiro atoms. The minimum atomic E-state index is 0.0715. The molecule has 0 bridgehead atoms. The third-order valence-corrected chi connectivity index (χ3v) is 4.52. The van der Waals surface area contributed by atoms with Gasteiger partial charge in [-0.25, -0.2) is 0 Å². The first-order valence-electron chi connectivity index (χ1n) is 6.60. The van der Waals surface area contributed by atoms with E-state index in [0.717, 1.165) is 31.2 Å². The summed E-state index contributed by atoms with van der Waals surface area (Å²) in [5, 5.41) is 13.2. The van der Waals surface area contributed by atoms with Crippen molar-refractivity contribution in [2.75, 3.05) is 13.2 Å². The van der Waals surface area contributed by atoms with Crippen molar-refractivity contribution in [3.8, 4) is 0 Å². The fraction of sp³-hybridized carbons (Fsp3) is 1.00. The zero-order valence-electron chi connectivity index (χ0n) is 9.97. The van der Waals surface area contributed by atoms with E-state index >= 15 is 0 Å². The molecule has 0 radical (unpaired) electrons. The van der Waals surface area contributed by atoms with Crippen molar-refractivity contribution in [1.29, 1.82) is 0 Å². The van der Waals surface area contributed by atoms with E-state index < -0.39 is 0 Å². The van der Waals surface area contributed by atoms with Crippen molar-refractivity contribution < 1.29 is 5.11 Å². The van der Waals surface area contributed by atoms with Crippen molar-refractivity contribution >= 4 is 0 Å². The zero-order valence-corrected chi connectivity index (χ0v) is 9.97. The molecule has 2 aliphatic rings. The number of rotatable bonds is 4. The van der Waals surface area contributed by atoms with Gasteiger partial charge in [-0.2, -0.15) is 0 Å². The van der Waals surface area contributed by atoms with E-state index in [2.05, 4.69) is 12.2 Å². The molecule has 0 aliphatic heterocycles. The Morgan fingerprint density at radius 2 is 1.87 bits per heavy atom. The maximum Gasteiger partial charge on any atom is 0.0613 e. The third kappa shape index (κ3) is 2.73. The quantitative estimate of drug-likeness (QED) is 0.748. The summed E-state index contributed by atoms with van der Waals surface area (Å²) in [4.78, 5) is 0. The molecule has 0 unspecified atom stereocenters. The van der Waals surface area contributed by atoms with Crippen LogP contribution in [0.25, 0.3) is 0 Å². The van der Waals surface area contributed by atoms with Crippen LogP contribution in [0.3, 0.4) is 0 Å². The monoisotopic (exact) mass is 211 g/mol. The molecule has 2 aliphatic carbocycles. The first-order valence-corrected chi connectivity index (χ1v) is 6.60. The Hall–Kier alpha value is -0.0800. The Kier molecular flexibility index (Phi) is 3.68. The van der Waals surface area contributed by atoms with Gasteiger partial charge in [-0.15, -0.1) is 0 Å². The minimum absolute atomic E-state index is 0.0715. The summed E-state index contributed by atoms with van der Waals surface area (Å²) >= 11 is 0. The first kappa shape index (κ1) is 11.4. The van der Waals surface area contributed by atoms with Gasteiger partial charge in [-0.3, -0.25) is 0 Å². The van der Waals surface area contributed by atoms with Crippen LogP contribution in [0.2, 0.25) is 0 Å². The van der Waals surface area contributed by atoms with Gasteiger partial charge >= 0.3 is 0 Å². The average Bonchev–Trinajstić information content (AvgIpc) is 2.19. The molecule has 2 nitrogen and oxygen atoms in total. The van der Waals surface area contributed by atoms with Crippen LogP contribution in [-0.2, 0) is 0 Å². The minimum Gasteiger partial charge on any atom is -0.394 e. The lowest BCUT2D eigenvalue weighted by atomic mass is 9.76. The van der Waals surface area contributed by atoms with Crippen molar-refractivity contribution in [2.45, 2.75) is 57.4 Å². The van der Waals surface area contributed by atoms with E-state index in [9.17, 15) is 5.11 Å². The lowest BCUT2D eigenvalue weighted by Gasteiger charge is -2.41. The predicted octanol–water partition coefficient (Wildman–Crippen LogP) is 2.32. The molecule has 0 aromatic carbocycles. The Labute approximate surface area is 93.5 Å². The SMILES string of the molecule is CC1CCC(CO)(NCC2CCC2)CC1. The number of aliphatic hydroxyl groups excluding tert-OH is 1. The van der Waals surface area contributed by atoms with Gasteiger partial charge < -0.3 is 10.4 Å². The first-order chi connectivity index (χ1) is 7.24. The largest absolute Gasteiger partial charge is 0.394 e. The van der Waals surface area contributed by atoms with E-state index in [0.29, 0.717) is 6.61 Å². The van der Waals surface area contributed by atoms with Crippen LogP contribution in [0, 0.1) is 11.8 Å². The zero-order chi connectivity index (χ0) is 10.7. The second kappa shape index (κ2) is 4.84. The number of hydrogen-bond donors (Lipinski definition) is 2. The smallest absolute Gasteiger partial charge is 0.0613 e. The number of hydrogen-bond acceptors (Lipinski definition) is 2. The van der Waals surface area contributed by atoms with Crippen molar-refractivity contribution in [2.24, 2.45) is 11.8 Å². The highest BCUT2D eigenvalue weighted by atomic mass is 16.3. The van der Waals surface area contributed by atoms with E-state index in [-0.39, 0.29) is 5.54 Å². The lowest BCUT2D eigenvalue weighted by Crippen LogP contribution is -2.52. The Bertz CT molecular complexity index is 193. The summed E-state index contributed by atoms with van der Waals surface area (Å²) in [5.74, 6) is 1.75. The molecule has 15 heavy (non-hydrogen) atoms. The molecule has 2 heteroatoms. The molecule has 0 amide bonds. The van der Waals surface area contributed by atoms with Crippen LogP contribution in [-0.4, -0.2) is 23.8 Å². The fourth-order valence-electron chi connectivity index (χ4n) is 2.76. The van der Waals surface area contributed by atoms with E-state index in [1.54, 1.807) is 0 Å². The maximum atomic E-state index is 9.57. The van der Waals surface area contributed by atoms with Gasteiger partial charge in [-0.1, -0.05) is 13.3 Å². The van der Waals surface area contributed by atoms with E-state index in [1.165, 1.54) is 32.1 Å². The molecule has 2 rings (SSSR count). The lowest BCUT2D eigenvalue weighted by molar-refractivity contribution is 0.0957. The van der Waals surface area contributed by atoms with Gasteiger partial charge in [0, 0.05) is 5.54 Å². The number of aliphatic hydroxyl groups is 1. The highest BCUT2D eigenvalue weighted by Gasteiger charge is 2.34. The Balaban J connectivity index is 1.79. The van der Waals surface area contributed by atoms with Crippen molar-refractivity contribution in [1.82, 2.24) is 5.32 Å². The standard InChI is InChI=1S/C13H25NO/c1-11-5-7-13(10-15,8-6-11)14-9-12-3-2-4-12/h11-12,14-15H,2-10H2,1H3. The molecule has 88 valence electrons. The second-order valence-corrected chi connectivity index (χ2v) is 5.80. The molecule has 0 aromatic heterocycles.